The molecular formula is C14H12ClNO2. The van der Waals surface area contributed by atoms with Gasteiger partial charge in [0.2, 0.25) is 0 Å². The molecule has 0 radical (unpaired) electrons. The molecule has 1 amide bonds. The third kappa shape index (κ3) is 2.63. The van der Waals surface area contributed by atoms with Crippen molar-refractivity contribution in [3.05, 3.63) is 58.6 Å². The van der Waals surface area contributed by atoms with Crippen LogP contribution in [-0.2, 0) is 0 Å². The smallest absolute Gasteiger partial charge is 0.255 e. The van der Waals surface area contributed by atoms with Gasteiger partial charge in [0, 0.05) is 11.6 Å². The number of hydrogen-bond acceptors (Lipinski definition) is 2. The fraction of sp³-hybridized carbons (Fsp3) is 0.0714. The molecule has 0 aliphatic carbocycles. The first-order chi connectivity index (χ1) is 8.58. The van der Waals surface area contributed by atoms with E-state index >= 15 is 0 Å². The van der Waals surface area contributed by atoms with Crippen molar-refractivity contribution in [1.29, 1.82) is 0 Å². The molecule has 2 N–H and O–H groups in total. The Labute approximate surface area is 110 Å². The van der Waals surface area contributed by atoms with E-state index in [4.69, 9.17) is 11.6 Å². The summed E-state index contributed by atoms with van der Waals surface area (Å²) >= 11 is 5.96. The highest BCUT2D eigenvalue weighted by Gasteiger charge is 2.10. The molecule has 3 nitrogen and oxygen atoms in total. The van der Waals surface area contributed by atoms with Gasteiger partial charge < -0.3 is 10.4 Å². The van der Waals surface area contributed by atoms with Gasteiger partial charge in [0.05, 0.1) is 10.7 Å². The number of hydrogen-bond donors (Lipinski definition) is 2. The Morgan fingerprint density at radius 1 is 1.22 bits per heavy atom. The molecule has 0 unspecified atom stereocenters. The third-order valence-electron chi connectivity index (χ3n) is 2.57. The van der Waals surface area contributed by atoms with Crippen LogP contribution in [0.5, 0.6) is 5.75 Å². The zero-order valence-electron chi connectivity index (χ0n) is 9.77. The first-order valence-electron chi connectivity index (χ1n) is 5.43. The van der Waals surface area contributed by atoms with E-state index < -0.39 is 0 Å². The van der Waals surface area contributed by atoms with Crippen LogP contribution in [0.4, 0.5) is 5.69 Å². The number of nitrogens with one attached hydrogen (secondary N) is 1. The number of carbonyl (C=O) groups excluding carboxylic acids is 1. The lowest BCUT2D eigenvalue weighted by molar-refractivity contribution is 0.102. The van der Waals surface area contributed by atoms with Crippen LogP contribution < -0.4 is 5.32 Å². The molecule has 0 heterocycles. The third-order valence-corrected chi connectivity index (χ3v) is 2.88. The second kappa shape index (κ2) is 5.10. The Morgan fingerprint density at radius 2 is 1.89 bits per heavy atom. The number of halogens is 1. The van der Waals surface area contributed by atoms with Crippen molar-refractivity contribution in [1.82, 2.24) is 0 Å². The van der Waals surface area contributed by atoms with Gasteiger partial charge in [-0.05, 0) is 30.7 Å². The lowest BCUT2D eigenvalue weighted by Crippen LogP contribution is -2.12. The molecular weight excluding hydrogens is 250 g/mol. The van der Waals surface area contributed by atoms with Gasteiger partial charge >= 0.3 is 0 Å². The summed E-state index contributed by atoms with van der Waals surface area (Å²) in [5, 5.41) is 12.5. The largest absolute Gasteiger partial charge is 0.508 e. The molecule has 0 aliphatic rings. The Bertz CT molecular complexity index is 582. The standard InChI is InChI=1S/C14H12ClNO2/c1-9-7-12(11(15)8-13(9)17)16-14(18)10-5-3-2-4-6-10/h2-8,17H,1H3,(H,16,18). The highest BCUT2D eigenvalue weighted by atomic mass is 35.5. The van der Waals surface area contributed by atoms with Gasteiger partial charge in [-0.2, -0.15) is 0 Å². The van der Waals surface area contributed by atoms with Gasteiger partial charge in [0.1, 0.15) is 5.75 Å². The van der Waals surface area contributed by atoms with Crippen molar-refractivity contribution >= 4 is 23.2 Å². The van der Waals surface area contributed by atoms with Crippen LogP contribution in [0, 0.1) is 6.92 Å². The number of amides is 1. The molecule has 0 spiro atoms. The monoisotopic (exact) mass is 261 g/mol. The SMILES string of the molecule is Cc1cc(NC(=O)c2ccccc2)c(Cl)cc1O. The van der Waals surface area contributed by atoms with Crippen molar-refractivity contribution in [2.45, 2.75) is 6.92 Å². The maximum atomic E-state index is 11.9. The van der Waals surface area contributed by atoms with Crippen LogP contribution in [0.3, 0.4) is 0 Å². The molecule has 4 heteroatoms. The number of benzene rings is 2. The highest BCUT2D eigenvalue weighted by molar-refractivity contribution is 6.34. The van der Waals surface area contributed by atoms with Gasteiger partial charge in [0.25, 0.3) is 5.91 Å². The van der Waals surface area contributed by atoms with Gasteiger partial charge in [0.15, 0.2) is 0 Å². The van der Waals surface area contributed by atoms with Crippen molar-refractivity contribution in [3.8, 4) is 5.75 Å². The molecule has 0 aliphatic heterocycles. The Hall–Kier alpha value is -2.00. The zero-order chi connectivity index (χ0) is 13.1. The summed E-state index contributed by atoms with van der Waals surface area (Å²) < 4.78 is 0. The predicted octanol–water partition coefficient (Wildman–Crippen LogP) is 3.61. The zero-order valence-corrected chi connectivity index (χ0v) is 10.5. The molecule has 0 fully saturated rings. The molecule has 0 saturated carbocycles. The predicted molar refractivity (Wildman–Crippen MR) is 72.2 cm³/mol. The van der Waals surface area contributed by atoms with E-state index in [-0.39, 0.29) is 11.7 Å². The number of phenolic OH excluding ortho intramolecular Hbond substituents is 1. The van der Waals surface area contributed by atoms with Crippen molar-refractivity contribution in [2.75, 3.05) is 5.32 Å². The van der Waals surface area contributed by atoms with E-state index in [1.54, 1.807) is 37.3 Å². The lowest BCUT2D eigenvalue weighted by atomic mass is 10.1. The average Bonchev–Trinajstić information content (AvgIpc) is 2.37. The summed E-state index contributed by atoms with van der Waals surface area (Å²) in [6, 6.07) is 11.9. The lowest BCUT2D eigenvalue weighted by Gasteiger charge is -2.09. The molecule has 92 valence electrons. The van der Waals surface area contributed by atoms with Crippen molar-refractivity contribution in [2.24, 2.45) is 0 Å². The van der Waals surface area contributed by atoms with Crippen LogP contribution >= 0.6 is 11.6 Å². The summed E-state index contributed by atoms with van der Waals surface area (Å²) in [7, 11) is 0. The van der Waals surface area contributed by atoms with E-state index in [1.165, 1.54) is 6.07 Å². The minimum absolute atomic E-state index is 0.109. The summed E-state index contributed by atoms with van der Waals surface area (Å²) in [6.07, 6.45) is 0. The summed E-state index contributed by atoms with van der Waals surface area (Å²) in [4.78, 5) is 11.9. The van der Waals surface area contributed by atoms with Crippen LogP contribution in [0.1, 0.15) is 15.9 Å². The summed E-state index contributed by atoms with van der Waals surface area (Å²) in [5.41, 5.74) is 1.70. The van der Waals surface area contributed by atoms with E-state index in [0.717, 1.165) is 0 Å². The van der Waals surface area contributed by atoms with Crippen LogP contribution in [0.25, 0.3) is 0 Å². The molecule has 2 aromatic rings. The Balaban J connectivity index is 2.25. The first kappa shape index (κ1) is 12.5. The van der Waals surface area contributed by atoms with Crippen molar-refractivity contribution in [3.63, 3.8) is 0 Å². The molecule has 18 heavy (non-hydrogen) atoms. The number of carbonyl (C=O) groups is 1. The summed E-state index contributed by atoms with van der Waals surface area (Å²) in [6.45, 7) is 1.74. The normalized spacial score (nSPS) is 10.1. The molecule has 2 rings (SSSR count). The fourth-order valence-corrected chi connectivity index (χ4v) is 1.76. The van der Waals surface area contributed by atoms with Gasteiger partial charge in [-0.1, -0.05) is 29.8 Å². The second-order valence-corrected chi connectivity index (χ2v) is 4.35. The quantitative estimate of drug-likeness (QED) is 0.812. The molecule has 0 saturated heterocycles. The number of rotatable bonds is 2. The Kier molecular flexibility index (Phi) is 3.53. The van der Waals surface area contributed by atoms with E-state index in [9.17, 15) is 9.90 Å². The van der Waals surface area contributed by atoms with E-state index in [1.807, 2.05) is 6.07 Å². The number of phenols is 1. The topological polar surface area (TPSA) is 49.3 Å². The van der Waals surface area contributed by atoms with Crippen LogP contribution in [0.15, 0.2) is 42.5 Å². The van der Waals surface area contributed by atoms with Crippen LogP contribution in [-0.4, -0.2) is 11.0 Å². The molecule has 2 aromatic carbocycles. The van der Waals surface area contributed by atoms with Crippen LogP contribution in [0.2, 0.25) is 5.02 Å². The minimum Gasteiger partial charge on any atom is -0.508 e. The molecule has 0 aromatic heterocycles. The average molecular weight is 262 g/mol. The molecule has 0 bridgehead atoms. The fourth-order valence-electron chi connectivity index (χ4n) is 1.55. The molecule has 0 atom stereocenters. The van der Waals surface area contributed by atoms with Crippen molar-refractivity contribution < 1.29 is 9.90 Å². The number of anilines is 1. The van der Waals surface area contributed by atoms with Gasteiger partial charge in [-0.15, -0.1) is 0 Å². The first-order valence-corrected chi connectivity index (χ1v) is 5.81. The summed E-state index contributed by atoms with van der Waals surface area (Å²) in [5.74, 6) is -0.125. The highest BCUT2D eigenvalue weighted by Crippen LogP contribution is 2.29. The minimum atomic E-state index is -0.234. The number of aromatic hydroxyl groups is 1. The number of aryl methyl sites for hydroxylation is 1. The maximum Gasteiger partial charge on any atom is 0.255 e. The van der Waals surface area contributed by atoms with E-state index in [0.29, 0.717) is 21.8 Å². The van der Waals surface area contributed by atoms with Gasteiger partial charge in [-0.25, -0.2) is 0 Å². The maximum absolute atomic E-state index is 11.9. The van der Waals surface area contributed by atoms with E-state index in [2.05, 4.69) is 5.32 Å². The second-order valence-electron chi connectivity index (χ2n) is 3.94. The Morgan fingerprint density at radius 3 is 2.56 bits per heavy atom. The van der Waals surface area contributed by atoms with Gasteiger partial charge in [-0.3, -0.25) is 4.79 Å².